The van der Waals surface area contributed by atoms with Crippen molar-refractivity contribution in [2.45, 2.75) is 53.1 Å². The van der Waals surface area contributed by atoms with Crippen LogP contribution in [0.1, 0.15) is 43.4 Å². The van der Waals surface area contributed by atoms with E-state index in [1.165, 1.54) is 4.90 Å². The van der Waals surface area contributed by atoms with Crippen molar-refractivity contribution in [3.05, 3.63) is 63.1 Å². The number of ether oxygens (including phenoxy) is 1. The Labute approximate surface area is 194 Å². The summed E-state index contributed by atoms with van der Waals surface area (Å²) in [5.74, 6) is 0.135. The number of benzene rings is 2. The maximum Gasteiger partial charge on any atom is 0.261 e. The van der Waals surface area contributed by atoms with Crippen molar-refractivity contribution >= 4 is 35.0 Å². The van der Waals surface area contributed by atoms with Crippen molar-refractivity contribution in [1.29, 1.82) is 0 Å². The van der Waals surface area contributed by atoms with Crippen LogP contribution in [0, 0.1) is 13.8 Å². The van der Waals surface area contributed by atoms with E-state index in [2.05, 4.69) is 5.32 Å². The van der Waals surface area contributed by atoms with Crippen LogP contribution in [0.2, 0.25) is 10.0 Å². The van der Waals surface area contributed by atoms with Crippen LogP contribution in [0.15, 0.2) is 36.4 Å². The van der Waals surface area contributed by atoms with Gasteiger partial charge in [-0.25, -0.2) is 0 Å². The molecule has 0 fully saturated rings. The number of carbonyl (C=O) groups is 2. The second-order valence-corrected chi connectivity index (χ2v) is 8.24. The third-order valence-corrected chi connectivity index (χ3v) is 5.94. The number of rotatable bonds is 10. The van der Waals surface area contributed by atoms with E-state index in [9.17, 15) is 9.59 Å². The molecule has 2 rings (SSSR count). The molecule has 0 aliphatic heterocycles. The summed E-state index contributed by atoms with van der Waals surface area (Å²) in [6.07, 6.45) is 1.26. The van der Waals surface area contributed by atoms with Gasteiger partial charge < -0.3 is 15.0 Å². The molecule has 0 aliphatic carbocycles. The molecule has 7 heteroatoms. The molecule has 0 radical (unpaired) electrons. The van der Waals surface area contributed by atoms with Crippen LogP contribution < -0.4 is 10.1 Å². The SMILES string of the molecule is CCCNC(=O)[C@@H](CC)N(Cc1c(Cl)cccc1Cl)C(=O)COc1cccc(C)c1C. The molecule has 31 heavy (non-hydrogen) atoms. The van der Waals surface area contributed by atoms with Gasteiger partial charge in [-0.3, -0.25) is 9.59 Å². The normalized spacial score (nSPS) is 11.7. The minimum absolute atomic E-state index is 0.117. The Morgan fingerprint density at radius 2 is 1.71 bits per heavy atom. The van der Waals surface area contributed by atoms with Gasteiger partial charge in [0.15, 0.2) is 6.61 Å². The van der Waals surface area contributed by atoms with E-state index in [1.807, 2.05) is 45.9 Å². The summed E-state index contributed by atoms with van der Waals surface area (Å²) >= 11 is 12.7. The second-order valence-electron chi connectivity index (χ2n) is 7.42. The Bertz CT molecular complexity index is 897. The van der Waals surface area contributed by atoms with Crippen LogP contribution in [-0.4, -0.2) is 35.9 Å². The van der Waals surface area contributed by atoms with E-state index in [1.54, 1.807) is 18.2 Å². The van der Waals surface area contributed by atoms with Gasteiger partial charge in [-0.05, 0) is 56.0 Å². The van der Waals surface area contributed by atoms with Crippen LogP contribution >= 0.6 is 23.2 Å². The molecule has 0 saturated carbocycles. The van der Waals surface area contributed by atoms with Gasteiger partial charge in [0.25, 0.3) is 5.91 Å². The van der Waals surface area contributed by atoms with E-state index in [-0.39, 0.29) is 25.0 Å². The van der Waals surface area contributed by atoms with Crippen molar-refractivity contribution < 1.29 is 14.3 Å². The minimum atomic E-state index is -0.659. The topological polar surface area (TPSA) is 58.6 Å². The fourth-order valence-corrected chi connectivity index (χ4v) is 3.76. The summed E-state index contributed by atoms with van der Waals surface area (Å²) in [7, 11) is 0. The molecular formula is C24H30Cl2N2O3. The van der Waals surface area contributed by atoms with E-state index in [4.69, 9.17) is 27.9 Å². The molecule has 1 atom stereocenters. The highest BCUT2D eigenvalue weighted by molar-refractivity contribution is 6.36. The highest BCUT2D eigenvalue weighted by Crippen LogP contribution is 2.27. The van der Waals surface area contributed by atoms with Gasteiger partial charge in [0.1, 0.15) is 11.8 Å². The number of hydrogen-bond acceptors (Lipinski definition) is 3. The standard InChI is InChI=1S/C24H30Cl2N2O3/c1-5-13-27-24(30)21(6-2)28(14-18-19(25)10-8-11-20(18)26)23(29)15-31-22-12-7-9-16(3)17(22)4/h7-12,21H,5-6,13-15H2,1-4H3,(H,27,30)/t21-/m1/s1. The number of aryl methyl sites for hydroxylation is 1. The lowest BCUT2D eigenvalue weighted by Crippen LogP contribution is -2.50. The lowest BCUT2D eigenvalue weighted by molar-refractivity contribution is -0.143. The molecular weight excluding hydrogens is 435 g/mol. The van der Waals surface area contributed by atoms with Gasteiger partial charge >= 0.3 is 0 Å². The molecule has 0 saturated heterocycles. The highest BCUT2D eigenvalue weighted by Gasteiger charge is 2.30. The van der Waals surface area contributed by atoms with E-state index >= 15 is 0 Å². The van der Waals surface area contributed by atoms with Gasteiger partial charge in [-0.1, -0.05) is 55.2 Å². The average molecular weight is 465 g/mol. The van der Waals surface area contributed by atoms with Gasteiger partial charge in [0.05, 0.1) is 0 Å². The van der Waals surface area contributed by atoms with Gasteiger partial charge in [-0.15, -0.1) is 0 Å². The summed E-state index contributed by atoms with van der Waals surface area (Å²) in [5.41, 5.74) is 2.66. The van der Waals surface area contributed by atoms with Crippen LogP contribution in [0.4, 0.5) is 0 Å². The molecule has 0 aliphatic rings. The Hall–Kier alpha value is -2.24. The molecule has 0 heterocycles. The Morgan fingerprint density at radius 3 is 2.32 bits per heavy atom. The molecule has 2 amide bonds. The molecule has 2 aromatic carbocycles. The average Bonchev–Trinajstić information content (AvgIpc) is 2.74. The highest BCUT2D eigenvalue weighted by atomic mass is 35.5. The predicted molar refractivity (Wildman–Crippen MR) is 126 cm³/mol. The van der Waals surface area contributed by atoms with Crippen LogP contribution in [0.3, 0.4) is 0 Å². The quantitative estimate of drug-likeness (QED) is 0.517. The fourth-order valence-electron chi connectivity index (χ4n) is 3.24. The van der Waals surface area contributed by atoms with Gasteiger partial charge in [0.2, 0.25) is 5.91 Å². The summed E-state index contributed by atoms with van der Waals surface area (Å²) in [5, 5.41) is 3.78. The first-order valence-corrected chi connectivity index (χ1v) is 11.2. The molecule has 5 nitrogen and oxygen atoms in total. The third kappa shape index (κ3) is 6.62. The van der Waals surface area contributed by atoms with Crippen molar-refractivity contribution in [1.82, 2.24) is 10.2 Å². The van der Waals surface area contributed by atoms with E-state index < -0.39 is 6.04 Å². The molecule has 0 unspecified atom stereocenters. The lowest BCUT2D eigenvalue weighted by Gasteiger charge is -2.31. The van der Waals surface area contributed by atoms with Gasteiger partial charge in [-0.2, -0.15) is 0 Å². The predicted octanol–water partition coefficient (Wildman–Crippen LogP) is 5.32. The van der Waals surface area contributed by atoms with Crippen molar-refractivity contribution in [3.8, 4) is 5.75 Å². The maximum atomic E-state index is 13.3. The zero-order chi connectivity index (χ0) is 23.0. The number of nitrogens with zero attached hydrogens (tertiary/aromatic N) is 1. The van der Waals surface area contributed by atoms with Crippen LogP contribution in [0.5, 0.6) is 5.75 Å². The summed E-state index contributed by atoms with van der Waals surface area (Å²) in [6.45, 7) is 8.25. The first kappa shape index (κ1) is 25.0. The molecule has 0 aromatic heterocycles. The smallest absolute Gasteiger partial charge is 0.261 e. The Morgan fingerprint density at radius 1 is 1.06 bits per heavy atom. The Kier molecular flexibility index (Phi) is 9.66. The number of nitrogens with one attached hydrogen (secondary N) is 1. The molecule has 0 spiro atoms. The van der Waals surface area contributed by atoms with Crippen LogP contribution in [-0.2, 0) is 16.1 Å². The maximum absolute atomic E-state index is 13.3. The molecule has 168 valence electrons. The zero-order valence-electron chi connectivity index (χ0n) is 18.5. The minimum Gasteiger partial charge on any atom is -0.483 e. The summed E-state index contributed by atoms with van der Waals surface area (Å²) in [6, 6.07) is 10.2. The fraction of sp³-hybridized carbons (Fsp3) is 0.417. The number of hydrogen-bond donors (Lipinski definition) is 1. The molecule has 2 aromatic rings. The van der Waals surface area contributed by atoms with Crippen molar-refractivity contribution in [2.24, 2.45) is 0 Å². The van der Waals surface area contributed by atoms with E-state index in [0.29, 0.717) is 34.3 Å². The van der Waals surface area contributed by atoms with Crippen molar-refractivity contribution in [2.75, 3.05) is 13.2 Å². The Balaban J connectivity index is 2.29. The third-order valence-electron chi connectivity index (χ3n) is 5.23. The van der Waals surface area contributed by atoms with E-state index in [0.717, 1.165) is 17.5 Å². The number of amides is 2. The van der Waals surface area contributed by atoms with Crippen LogP contribution in [0.25, 0.3) is 0 Å². The lowest BCUT2D eigenvalue weighted by atomic mass is 10.1. The van der Waals surface area contributed by atoms with Gasteiger partial charge in [0, 0.05) is 28.7 Å². The number of halogens is 2. The largest absolute Gasteiger partial charge is 0.483 e. The zero-order valence-corrected chi connectivity index (χ0v) is 20.0. The molecule has 1 N–H and O–H groups in total. The first-order valence-electron chi connectivity index (χ1n) is 10.5. The molecule has 0 bridgehead atoms. The number of carbonyl (C=O) groups excluding carboxylic acids is 2. The first-order chi connectivity index (χ1) is 14.8. The summed E-state index contributed by atoms with van der Waals surface area (Å²) < 4.78 is 5.83. The summed E-state index contributed by atoms with van der Waals surface area (Å²) in [4.78, 5) is 27.6. The second kappa shape index (κ2) is 12.0. The monoisotopic (exact) mass is 464 g/mol. The van der Waals surface area contributed by atoms with Crippen molar-refractivity contribution in [3.63, 3.8) is 0 Å².